The van der Waals surface area contributed by atoms with Gasteiger partial charge in [0.05, 0.1) is 12.6 Å². The van der Waals surface area contributed by atoms with E-state index in [-0.39, 0.29) is 24.5 Å². The topological polar surface area (TPSA) is 67.8 Å². The molecule has 0 saturated carbocycles. The van der Waals surface area contributed by atoms with Gasteiger partial charge in [-0.15, -0.1) is 0 Å². The zero-order valence-corrected chi connectivity index (χ0v) is 16.6. The quantitative estimate of drug-likeness (QED) is 0.768. The Morgan fingerprint density at radius 1 is 1.14 bits per heavy atom. The molecular formula is C23H29NO4. The molecule has 0 aromatic heterocycles. The first-order chi connectivity index (χ1) is 13.5. The lowest BCUT2D eigenvalue weighted by Gasteiger charge is -2.39. The van der Waals surface area contributed by atoms with Gasteiger partial charge in [-0.25, -0.2) is 0 Å². The van der Waals surface area contributed by atoms with Gasteiger partial charge in [-0.05, 0) is 62.4 Å². The fraction of sp³-hybridized carbons (Fsp3) is 0.435. The summed E-state index contributed by atoms with van der Waals surface area (Å²) in [4.78, 5) is 12.7. The molecule has 1 amide bonds. The molecule has 2 N–H and O–H groups in total. The van der Waals surface area contributed by atoms with Gasteiger partial charge in [0.15, 0.2) is 0 Å². The van der Waals surface area contributed by atoms with Crippen LogP contribution in [0.25, 0.3) is 0 Å². The predicted molar refractivity (Wildman–Crippen MR) is 108 cm³/mol. The van der Waals surface area contributed by atoms with Crippen molar-refractivity contribution in [1.29, 1.82) is 0 Å². The Bertz CT molecular complexity index is 754. The Morgan fingerprint density at radius 2 is 1.79 bits per heavy atom. The van der Waals surface area contributed by atoms with Gasteiger partial charge in [-0.3, -0.25) is 4.79 Å². The summed E-state index contributed by atoms with van der Waals surface area (Å²) in [6, 6.07) is 16.6. The van der Waals surface area contributed by atoms with Crippen molar-refractivity contribution < 1.29 is 19.4 Å². The second-order valence-corrected chi connectivity index (χ2v) is 7.55. The molecule has 2 aromatic carbocycles. The summed E-state index contributed by atoms with van der Waals surface area (Å²) >= 11 is 0. The molecule has 0 spiro atoms. The highest BCUT2D eigenvalue weighted by molar-refractivity contribution is 5.94. The highest BCUT2D eigenvalue weighted by atomic mass is 16.5. The molecule has 1 saturated heterocycles. The Morgan fingerprint density at radius 3 is 2.39 bits per heavy atom. The fourth-order valence-electron chi connectivity index (χ4n) is 3.66. The third kappa shape index (κ3) is 4.91. The van der Waals surface area contributed by atoms with Crippen LogP contribution in [0.15, 0.2) is 54.6 Å². The van der Waals surface area contributed by atoms with Gasteiger partial charge in [-0.2, -0.15) is 0 Å². The number of aliphatic hydroxyl groups is 1. The number of benzene rings is 2. The summed E-state index contributed by atoms with van der Waals surface area (Å²) < 4.78 is 11.1. The van der Waals surface area contributed by atoms with Gasteiger partial charge in [0.25, 0.3) is 5.91 Å². The maximum absolute atomic E-state index is 12.7. The van der Waals surface area contributed by atoms with E-state index in [1.165, 1.54) is 0 Å². The third-order valence-electron chi connectivity index (χ3n) is 5.18. The summed E-state index contributed by atoms with van der Waals surface area (Å²) in [7, 11) is 0. The molecule has 5 nitrogen and oxygen atoms in total. The van der Waals surface area contributed by atoms with Gasteiger partial charge < -0.3 is 19.9 Å². The summed E-state index contributed by atoms with van der Waals surface area (Å²) in [5.41, 5.74) is 0.239. The number of rotatable bonds is 7. The molecule has 2 aromatic rings. The van der Waals surface area contributed by atoms with Crippen molar-refractivity contribution in [2.24, 2.45) is 5.92 Å². The first-order valence-electron chi connectivity index (χ1n) is 9.89. The molecule has 1 fully saturated rings. The van der Waals surface area contributed by atoms with Crippen LogP contribution in [0.5, 0.6) is 5.75 Å². The van der Waals surface area contributed by atoms with Gasteiger partial charge in [-0.1, -0.05) is 30.3 Å². The van der Waals surface area contributed by atoms with Crippen LogP contribution in [0.1, 0.15) is 42.6 Å². The van der Waals surface area contributed by atoms with Crippen LogP contribution < -0.4 is 10.1 Å². The average molecular weight is 383 g/mol. The van der Waals surface area contributed by atoms with Gasteiger partial charge in [0.2, 0.25) is 0 Å². The minimum atomic E-state index is -1.12. The lowest BCUT2D eigenvalue weighted by molar-refractivity contribution is -0.0680. The van der Waals surface area contributed by atoms with Crippen molar-refractivity contribution in [3.8, 4) is 5.75 Å². The lowest BCUT2D eigenvalue weighted by atomic mass is 9.77. The highest BCUT2D eigenvalue weighted by Gasteiger charge is 2.39. The van der Waals surface area contributed by atoms with Crippen molar-refractivity contribution >= 4 is 5.91 Å². The Labute approximate surface area is 166 Å². The molecule has 28 heavy (non-hydrogen) atoms. The number of carbonyl (C=O) groups is 1. The molecule has 0 aliphatic carbocycles. The van der Waals surface area contributed by atoms with Crippen molar-refractivity contribution in [1.82, 2.24) is 5.32 Å². The average Bonchev–Trinajstić information content (AvgIpc) is 2.73. The molecule has 3 rings (SSSR count). The Hall–Kier alpha value is -2.37. The first kappa shape index (κ1) is 20.4. The maximum Gasteiger partial charge on any atom is 0.251 e. The molecule has 1 atom stereocenters. The number of nitrogens with one attached hydrogen (secondary N) is 1. The summed E-state index contributed by atoms with van der Waals surface area (Å²) in [5.74, 6) is 0.554. The van der Waals surface area contributed by atoms with Crippen molar-refractivity contribution in [2.45, 2.75) is 38.4 Å². The standard InChI is InChI=1S/C23H29NO4/c1-17(2)28-21-10-8-18(9-11-21)22(25)24-16-23(26,19-6-4-3-5-7-19)20-12-14-27-15-13-20/h3-11,17,20,26H,12-16H2,1-2H3,(H,24,25)/t23-/m0/s1. The molecular weight excluding hydrogens is 354 g/mol. The van der Waals surface area contributed by atoms with Gasteiger partial charge in [0.1, 0.15) is 11.4 Å². The molecule has 0 unspecified atom stereocenters. The summed E-state index contributed by atoms with van der Waals surface area (Å²) in [6.07, 6.45) is 1.62. The molecule has 5 heteroatoms. The van der Waals surface area contributed by atoms with E-state index >= 15 is 0 Å². The number of hydrogen-bond acceptors (Lipinski definition) is 4. The fourth-order valence-corrected chi connectivity index (χ4v) is 3.66. The SMILES string of the molecule is CC(C)Oc1ccc(C(=O)NC[C@](O)(c2ccccc2)C2CCOCC2)cc1. The van der Waals surface area contributed by atoms with E-state index in [2.05, 4.69) is 5.32 Å². The van der Waals surface area contributed by atoms with Crippen LogP contribution in [0.4, 0.5) is 0 Å². The van der Waals surface area contributed by atoms with E-state index in [4.69, 9.17) is 9.47 Å². The summed E-state index contributed by atoms with van der Waals surface area (Å²) in [6.45, 7) is 5.34. The monoisotopic (exact) mass is 383 g/mol. The highest BCUT2D eigenvalue weighted by Crippen LogP contribution is 2.35. The molecule has 1 aliphatic heterocycles. The molecule has 0 bridgehead atoms. The Balaban J connectivity index is 1.71. The van der Waals surface area contributed by atoms with Crippen molar-refractivity contribution in [3.05, 3.63) is 65.7 Å². The summed E-state index contributed by atoms with van der Waals surface area (Å²) in [5, 5.41) is 14.5. The van der Waals surface area contributed by atoms with Gasteiger partial charge in [0, 0.05) is 18.8 Å². The van der Waals surface area contributed by atoms with E-state index in [0.717, 1.165) is 24.2 Å². The predicted octanol–water partition coefficient (Wildman–Crippen LogP) is 3.52. The minimum absolute atomic E-state index is 0.0331. The molecule has 1 heterocycles. The zero-order chi connectivity index (χ0) is 20.0. The lowest BCUT2D eigenvalue weighted by Crippen LogP contribution is -2.47. The van der Waals surface area contributed by atoms with E-state index in [9.17, 15) is 9.90 Å². The molecule has 1 aliphatic rings. The second-order valence-electron chi connectivity index (χ2n) is 7.55. The third-order valence-corrected chi connectivity index (χ3v) is 5.18. The number of carbonyl (C=O) groups excluding carboxylic acids is 1. The Kier molecular flexibility index (Phi) is 6.70. The minimum Gasteiger partial charge on any atom is -0.491 e. The van der Waals surface area contributed by atoms with Crippen LogP contribution in [0.3, 0.4) is 0 Å². The van der Waals surface area contributed by atoms with Crippen LogP contribution in [-0.2, 0) is 10.3 Å². The van der Waals surface area contributed by atoms with E-state index in [1.54, 1.807) is 24.3 Å². The van der Waals surface area contributed by atoms with Crippen LogP contribution in [-0.4, -0.2) is 36.9 Å². The second kappa shape index (κ2) is 9.22. The van der Waals surface area contributed by atoms with Gasteiger partial charge >= 0.3 is 0 Å². The number of amides is 1. The molecule has 150 valence electrons. The first-order valence-corrected chi connectivity index (χ1v) is 9.89. The van der Waals surface area contributed by atoms with Crippen LogP contribution in [0.2, 0.25) is 0 Å². The van der Waals surface area contributed by atoms with Crippen molar-refractivity contribution in [2.75, 3.05) is 19.8 Å². The van der Waals surface area contributed by atoms with Crippen LogP contribution >= 0.6 is 0 Å². The van der Waals surface area contributed by atoms with E-state index < -0.39 is 5.60 Å². The zero-order valence-electron chi connectivity index (χ0n) is 16.6. The normalized spacial score (nSPS) is 17.1. The van der Waals surface area contributed by atoms with Crippen LogP contribution in [0, 0.1) is 5.92 Å². The van der Waals surface area contributed by atoms with E-state index in [0.29, 0.717) is 18.8 Å². The molecule has 0 radical (unpaired) electrons. The number of ether oxygens (including phenoxy) is 2. The van der Waals surface area contributed by atoms with Crippen molar-refractivity contribution in [3.63, 3.8) is 0 Å². The number of hydrogen-bond donors (Lipinski definition) is 2. The largest absolute Gasteiger partial charge is 0.491 e. The smallest absolute Gasteiger partial charge is 0.251 e. The maximum atomic E-state index is 12.7. The van der Waals surface area contributed by atoms with E-state index in [1.807, 2.05) is 44.2 Å².